The van der Waals surface area contributed by atoms with Gasteiger partial charge in [-0.15, -0.1) is 0 Å². The summed E-state index contributed by atoms with van der Waals surface area (Å²) >= 11 is 0. The molecule has 0 amide bonds. The second-order valence-corrected chi connectivity index (χ2v) is 6.44. The third kappa shape index (κ3) is 2.16. The lowest BCUT2D eigenvalue weighted by Gasteiger charge is -2.21. The van der Waals surface area contributed by atoms with Gasteiger partial charge in [0.15, 0.2) is 5.65 Å². The summed E-state index contributed by atoms with van der Waals surface area (Å²) in [6.07, 6.45) is 3.62. The highest BCUT2D eigenvalue weighted by atomic mass is 15.3. The van der Waals surface area contributed by atoms with Gasteiger partial charge in [-0.05, 0) is 20.8 Å². The third-order valence-electron chi connectivity index (χ3n) is 2.68. The van der Waals surface area contributed by atoms with Crippen LogP contribution in [0.2, 0.25) is 0 Å². The minimum absolute atomic E-state index is 0.00811. The van der Waals surface area contributed by atoms with Crippen molar-refractivity contribution in [3.8, 4) is 0 Å². The van der Waals surface area contributed by atoms with Crippen LogP contribution in [0.25, 0.3) is 11.2 Å². The van der Waals surface area contributed by atoms with E-state index in [1.807, 2.05) is 10.9 Å². The first-order chi connectivity index (χ1) is 7.69. The number of fused-ring (bicyclic) bond motifs is 1. The molecule has 4 heteroatoms. The number of rotatable bonds is 0. The van der Waals surface area contributed by atoms with Crippen molar-refractivity contribution in [1.29, 1.82) is 0 Å². The van der Waals surface area contributed by atoms with Crippen molar-refractivity contribution in [3.63, 3.8) is 0 Å². The lowest BCUT2D eigenvalue weighted by molar-refractivity contribution is 0.365. The summed E-state index contributed by atoms with van der Waals surface area (Å²) in [5.74, 6) is 0. The largest absolute Gasteiger partial charge is 0.249 e. The second kappa shape index (κ2) is 3.52. The average molecular weight is 232 g/mol. The van der Waals surface area contributed by atoms with Crippen LogP contribution in [0.4, 0.5) is 0 Å². The highest BCUT2D eigenvalue weighted by Gasteiger charge is 2.21. The highest BCUT2D eigenvalue weighted by molar-refractivity contribution is 5.69. The molecule has 2 aromatic rings. The molecule has 0 aliphatic heterocycles. The van der Waals surface area contributed by atoms with Crippen LogP contribution < -0.4 is 0 Å². The van der Waals surface area contributed by atoms with Crippen LogP contribution in [-0.2, 0) is 11.0 Å². The Morgan fingerprint density at radius 1 is 1.00 bits per heavy atom. The van der Waals surface area contributed by atoms with E-state index in [1.54, 1.807) is 6.20 Å². The van der Waals surface area contributed by atoms with Crippen molar-refractivity contribution in [3.05, 3.63) is 18.1 Å². The molecule has 0 radical (unpaired) electrons. The van der Waals surface area contributed by atoms with Gasteiger partial charge < -0.3 is 0 Å². The van der Waals surface area contributed by atoms with E-state index in [4.69, 9.17) is 4.98 Å². The predicted molar refractivity (Wildman–Crippen MR) is 69.0 cm³/mol. The van der Waals surface area contributed by atoms with Gasteiger partial charge in [0.2, 0.25) is 0 Å². The van der Waals surface area contributed by atoms with E-state index in [9.17, 15) is 0 Å². The van der Waals surface area contributed by atoms with Gasteiger partial charge in [-0.3, -0.25) is 0 Å². The quantitative estimate of drug-likeness (QED) is 0.701. The molecule has 2 rings (SSSR count). The average Bonchev–Trinajstić information content (AvgIpc) is 2.57. The molecule has 0 bridgehead atoms. The van der Waals surface area contributed by atoms with E-state index in [0.717, 1.165) is 16.9 Å². The van der Waals surface area contributed by atoms with Gasteiger partial charge in [0, 0.05) is 11.6 Å². The molecular weight excluding hydrogens is 212 g/mol. The fourth-order valence-corrected chi connectivity index (χ4v) is 1.65. The van der Waals surface area contributed by atoms with Crippen molar-refractivity contribution < 1.29 is 0 Å². The van der Waals surface area contributed by atoms with E-state index >= 15 is 0 Å². The maximum absolute atomic E-state index is 4.71. The lowest BCUT2D eigenvalue weighted by atomic mass is 9.93. The van der Waals surface area contributed by atoms with E-state index in [1.165, 1.54) is 0 Å². The summed E-state index contributed by atoms with van der Waals surface area (Å²) in [6.45, 7) is 12.8. The first kappa shape index (κ1) is 12.0. The standard InChI is InChI=1S/C13H20N4/c1-12(2,3)10-8-14-9-7-15-17(11(9)16-10)13(4,5)6/h7-8H,1-6H3. The Morgan fingerprint density at radius 2 is 1.65 bits per heavy atom. The molecule has 17 heavy (non-hydrogen) atoms. The molecule has 0 spiro atoms. The minimum atomic E-state index is -0.0765. The molecule has 0 saturated carbocycles. The maximum Gasteiger partial charge on any atom is 0.177 e. The number of hydrogen-bond acceptors (Lipinski definition) is 3. The topological polar surface area (TPSA) is 43.6 Å². The zero-order chi connectivity index (χ0) is 12.8. The molecule has 0 atom stereocenters. The molecule has 0 aromatic carbocycles. The smallest absolute Gasteiger partial charge is 0.177 e. The van der Waals surface area contributed by atoms with Gasteiger partial charge >= 0.3 is 0 Å². The van der Waals surface area contributed by atoms with Crippen LogP contribution in [0, 0.1) is 0 Å². The van der Waals surface area contributed by atoms with Gasteiger partial charge in [0.05, 0.1) is 17.4 Å². The lowest BCUT2D eigenvalue weighted by Crippen LogP contribution is -2.24. The van der Waals surface area contributed by atoms with Crippen LogP contribution in [0.5, 0.6) is 0 Å². The monoisotopic (exact) mass is 232 g/mol. The summed E-state index contributed by atoms with van der Waals surface area (Å²) in [5.41, 5.74) is 2.65. The summed E-state index contributed by atoms with van der Waals surface area (Å²) in [6, 6.07) is 0. The summed E-state index contributed by atoms with van der Waals surface area (Å²) < 4.78 is 1.94. The van der Waals surface area contributed by atoms with Crippen molar-refractivity contribution in [2.75, 3.05) is 0 Å². The Hall–Kier alpha value is -1.45. The van der Waals surface area contributed by atoms with Crippen LogP contribution in [0.3, 0.4) is 0 Å². The molecule has 0 saturated heterocycles. The van der Waals surface area contributed by atoms with Crippen LogP contribution in [0.15, 0.2) is 12.4 Å². The van der Waals surface area contributed by atoms with Crippen LogP contribution in [-0.4, -0.2) is 19.7 Å². The molecule has 2 aromatic heterocycles. The van der Waals surface area contributed by atoms with Gasteiger partial charge in [-0.2, -0.15) is 5.10 Å². The first-order valence-corrected chi connectivity index (χ1v) is 5.91. The molecule has 0 aliphatic rings. The zero-order valence-electron chi connectivity index (χ0n) is 11.4. The molecular formula is C13H20N4. The fraction of sp³-hybridized carbons (Fsp3) is 0.615. The molecule has 0 unspecified atom stereocenters. The van der Waals surface area contributed by atoms with E-state index in [0.29, 0.717) is 0 Å². The summed E-state index contributed by atoms with van der Waals surface area (Å²) in [5, 5.41) is 4.38. The number of hydrogen-bond donors (Lipinski definition) is 0. The molecule has 4 nitrogen and oxygen atoms in total. The van der Waals surface area contributed by atoms with Crippen LogP contribution in [0.1, 0.15) is 47.2 Å². The van der Waals surface area contributed by atoms with Crippen molar-refractivity contribution in [1.82, 2.24) is 19.7 Å². The predicted octanol–water partition coefficient (Wildman–Crippen LogP) is 2.88. The molecule has 2 heterocycles. The minimum Gasteiger partial charge on any atom is -0.249 e. The Morgan fingerprint density at radius 3 is 2.18 bits per heavy atom. The second-order valence-electron chi connectivity index (χ2n) is 6.44. The van der Waals surface area contributed by atoms with Crippen molar-refractivity contribution in [2.45, 2.75) is 52.5 Å². The Labute approximate surface area is 102 Å². The fourth-order valence-electron chi connectivity index (χ4n) is 1.65. The highest BCUT2D eigenvalue weighted by Crippen LogP contribution is 2.23. The molecule has 0 aliphatic carbocycles. The molecule has 0 fully saturated rings. The normalized spacial score (nSPS) is 13.3. The van der Waals surface area contributed by atoms with Gasteiger partial charge in [0.25, 0.3) is 0 Å². The SMILES string of the molecule is CC(C)(C)c1cnc2cnn(C(C)(C)C)c2n1. The summed E-state index contributed by atoms with van der Waals surface area (Å²) in [4.78, 5) is 9.15. The zero-order valence-corrected chi connectivity index (χ0v) is 11.4. The maximum atomic E-state index is 4.71. The van der Waals surface area contributed by atoms with Gasteiger partial charge in [-0.1, -0.05) is 20.8 Å². The van der Waals surface area contributed by atoms with Crippen LogP contribution >= 0.6 is 0 Å². The third-order valence-corrected chi connectivity index (χ3v) is 2.68. The Balaban J connectivity index is 2.67. The van der Waals surface area contributed by atoms with E-state index < -0.39 is 0 Å². The molecule has 92 valence electrons. The van der Waals surface area contributed by atoms with Crippen molar-refractivity contribution in [2.24, 2.45) is 0 Å². The molecule has 0 N–H and O–H groups in total. The number of aromatic nitrogens is 4. The summed E-state index contributed by atoms with van der Waals surface area (Å²) in [7, 11) is 0. The van der Waals surface area contributed by atoms with Crippen molar-refractivity contribution >= 4 is 11.2 Å². The van der Waals surface area contributed by atoms with Gasteiger partial charge in [0.1, 0.15) is 5.52 Å². The van der Waals surface area contributed by atoms with E-state index in [-0.39, 0.29) is 11.0 Å². The Kier molecular flexibility index (Phi) is 2.49. The van der Waals surface area contributed by atoms with Gasteiger partial charge in [-0.25, -0.2) is 14.6 Å². The Bertz CT molecular complexity index is 541. The first-order valence-electron chi connectivity index (χ1n) is 5.91. The van der Waals surface area contributed by atoms with E-state index in [2.05, 4.69) is 51.6 Å². The number of nitrogens with zero attached hydrogens (tertiary/aromatic N) is 4.